The van der Waals surface area contributed by atoms with E-state index in [2.05, 4.69) is 59.3 Å². The van der Waals surface area contributed by atoms with Crippen molar-refractivity contribution < 1.29 is 14.7 Å². The Bertz CT molecular complexity index is 1100. The number of amides is 1. The van der Waals surface area contributed by atoms with Crippen molar-refractivity contribution in [2.75, 3.05) is 39.3 Å². The van der Waals surface area contributed by atoms with Crippen molar-refractivity contribution in [3.8, 4) is 11.8 Å². The van der Waals surface area contributed by atoms with Crippen LogP contribution in [0.25, 0.3) is 0 Å². The topological polar surface area (TPSA) is 72.9 Å². The highest BCUT2D eigenvalue weighted by atomic mass is 16.4. The summed E-state index contributed by atoms with van der Waals surface area (Å²) in [5, 5.41) is 12.9. The molecule has 2 aromatic rings. The van der Waals surface area contributed by atoms with Gasteiger partial charge in [0.1, 0.15) is 0 Å². The number of benzene rings is 2. The number of hydrogen-bond acceptors (Lipinski definition) is 4. The number of carbonyl (C=O) groups excluding carboxylic acids is 1. The molecular formula is C30H37N3O3. The lowest BCUT2D eigenvalue weighted by molar-refractivity contribution is -0.145. The highest BCUT2D eigenvalue weighted by Crippen LogP contribution is 2.35. The van der Waals surface area contributed by atoms with Crippen molar-refractivity contribution in [1.82, 2.24) is 15.1 Å². The molecule has 0 saturated carbocycles. The van der Waals surface area contributed by atoms with Crippen LogP contribution in [0.3, 0.4) is 0 Å². The van der Waals surface area contributed by atoms with E-state index in [1.165, 1.54) is 5.56 Å². The maximum atomic E-state index is 13.6. The van der Waals surface area contributed by atoms with Crippen LogP contribution in [-0.2, 0) is 22.4 Å². The second-order valence-electron chi connectivity index (χ2n) is 9.75. The molecule has 2 N–H and O–H groups in total. The smallest absolute Gasteiger partial charge is 0.304 e. The third kappa shape index (κ3) is 6.75. The number of hydrogen-bond donors (Lipinski definition) is 2. The molecule has 2 aliphatic heterocycles. The third-order valence-electron chi connectivity index (χ3n) is 7.26. The molecule has 190 valence electrons. The number of nitrogens with one attached hydrogen (secondary N) is 1. The molecule has 2 aromatic carbocycles. The second kappa shape index (κ2) is 12.7. The summed E-state index contributed by atoms with van der Waals surface area (Å²) < 4.78 is 0. The fourth-order valence-electron chi connectivity index (χ4n) is 5.38. The first-order valence-electron chi connectivity index (χ1n) is 13.2. The van der Waals surface area contributed by atoms with Gasteiger partial charge in [-0.05, 0) is 48.1 Å². The molecule has 2 heterocycles. The van der Waals surface area contributed by atoms with Crippen molar-refractivity contribution in [3.63, 3.8) is 0 Å². The molecule has 2 aliphatic rings. The molecule has 6 nitrogen and oxygen atoms in total. The van der Waals surface area contributed by atoms with Crippen LogP contribution in [0.1, 0.15) is 54.5 Å². The van der Waals surface area contributed by atoms with Crippen LogP contribution in [0.15, 0.2) is 48.5 Å². The van der Waals surface area contributed by atoms with Gasteiger partial charge in [-0.15, -0.1) is 0 Å². The van der Waals surface area contributed by atoms with Crippen LogP contribution >= 0.6 is 0 Å². The van der Waals surface area contributed by atoms with E-state index in [9.17, 15) is 14.7 Å². The first-order valence-corrected chi connectivity index (χ1v) is 13.2. The summed E-state index contributed by atoms with van der Waals surface area (Å²) in [7, 11) is 0. The molecule has 0 aromatic heterocycles. The van der Waals surface area contributed by atoms with Crippen LogP contribution in [0.2, 0.25) is 0 Å². The van der Waals surface area contributed by atoms with Gasteiger partial charge in [0, 0.05) is 51.3 Å². The lowest BCUT2D eigenvalue weighted by Gasteiger charge is -2.32. The molecule has 2 atom stereocenters. The molecule has 0 aliphatic carbocycles. The quantitative estimate of drug-likeness (QED) is 0.558. The molecule has 1 fully saturated rings. The molecule has 0 spiro atoms. The normalized spacial score (nSPS) is 20.2. The number of rotatable bonds is 8. The van der Waals surface area contributed by atoms with E-state index in [0.717, 1.165) is 68.7 Å². The Labute approximate surface area is 214 Å². The Morgan fingerprint density at radius 3 is 2.61 bits per heavy atom. The van der Waals surface area contributed by atoms with Crippen molar-refractivity contribution in [3.05, 3.63) is 70.8 Å². The number of carboxylic acids is 1. The van der Waals surface area contributed by atoms with Gasteiger partial charge in [0.05, 0.1) is 18.4 Å². The van der Waals surface area contributed by atoms with Gasteiger partial charge in [0.25, 0.3) is 0 Å². The average molecular weight is 488 g/mol. The minimum atomic E-state index is -0.934. The lowest BCUT2D eigenvalue weighted by Crippen LogP contribution is -2.43. The minimum Gasteiger partial charge on any atom is -0.481 e. The van der Waals surface area contributed by atoms with Crippen molar-refractivity contribution >= 4 is 11.9 Å². The molecule has 1 saturated heterocycles. The molecular weight excluding hydrogens is 450 g/mol. The Balaban J connectivity index is 1.54. The van der Waals surface area contributed by atoms with E-state index in [1.54, 1.807) is 0 Å². The Morgan fingerprint density at radius 2 is 1.89 bits per heavy atom. The summed E-state index contributed by atoms with van der Waals surface area (Å²) in [6.45, 7) is 7.86. The number of nitrogens with zero attached hydrogens (tertiary/aromatic N) is 2. The zero-order valence-electron chi connectivity index (χ0n) is 21.2. The summed E-state index contributed by atoms with van der Waals surface area (Å²) in [6, 6.07) is 16.3. The van der Waals surface area contributed by atoms with Gasteiger partial charge in [-0.2, -0.15) is 0 Å². The highest BCUT2D eigenvalue weighted by molar-refractivity contribution is 5.84. The van der Waals surface area contributed by atoms with Gasteiger partial charge in [0.2, 0.25) is 5.91 Å². The third-order valence-corrected chi connectivity index (χ3v) is 7.26. The molecule has 2 unspecified atom stereocenters. The average Bonchev–Trinajstić information content (AvgIpc) is 3.00. The predicted octanol–water partition coefficient (Wildman–Crippen LogP) is 3.50. The number of carbonyl (C=O) groups is 2. The molecule has 4 rings (SSSR count). The van der Waals surface area contributed by atoms with E-state index in [1.807, 2.05) is 23.1 Å². The monoisotopic (exact) mass is 487 g/mol. The molecule has 6 heteroatoms. The van der Waals surface area contributed by atoms with Crippen LogP contribution in [0.4, 0.5) is 0 Å². The first-order chi connectivity index (χ1) is 17.5. The van der Waals surface area contributed by atoms with Gasteiger partial charge < -0.3 is 15.3 Å². The first kappa shape index (κ1) is 25.9. The van der Waals surface area contributed by atoms with Crippen LogP contribution in [-0.4, -0.2) is 66.1 Å². The van der Waals surface area contributed by atoms with Gasteiger partial charge in [-0.1, -0.05) is 55.2 Å². The van der Waals surface area contributed by atoms with Crippen LogP contribution in [0, 0.1) is 17.8 Å². The van der Waals surface area contributed by atoms with Gasteiger partial charge in [0.15, 0.2) is 0 Å². The predicted molar refractivity (Wildman–Crippen MR) is 142 cm³/mol. The number of carboxylic acid groups (broad SMARTS) is 1. The van der Waals surface area contributed by atoms with Crippen molar-refractivity contribution in [1.29, 1.82) is 0 Å². The molecule has 0 radical (unpaired) electrons. The van der Waals surface area contributed by atoms with Gasteiger partial charge in [-0.3, -0.25) is 14.5 Å². The Morgan fingerprint density at radius 1 is 1.11 bits per heavy atom. The van der Waals surface area contributed by atoms with Crippen LogP contribution < -0.4 is 5.32 Å². The van der Waals surface area contributed by atoms with E-state index in [0.29, 0.717) is 13.0 Å². The summed E-state index contributed by atoms with van der Waals surface area (Å²) >= 11 is 0. The summed E-state index contributed by atoms with van der Waals surface area (Å²) in [4.78, 5) is 29.6. The van der Waals surface area contributed by atoms with Crippen molar-refractivity contribution in [2.45, 2.75) is 45.1 Å². The zero-order chi connectivity index (χ0) is 25.3. The van der Waals surface area contributed by atoms with Crippen molar-refractivity contribution in [2.24, 2.45) is 5.92 Å². The SMILES string of the molecule is CCC1c2ccc(C#CCCN3CCNCC3)cc2CC(CC(=O)O)C(=O)N1CCc1ccccc1. The highest BCUT2D eigenvalue weighted by Gasteiger charge is 2.36. The maximum Gasteiger partial charge on any atom is 0.304 e. The largest absolute Gasteiger partial charge is 0.481 e. The summed E-state index contributed by atoms with van der Waals surface area (Å²) in [5.41, 5.74) is 4.28. The molecule has 0 bridgehead atoms. The fourth-order valence-corrected chi connectivity index (χ4v) is 5.38. The van der Waals surface area contributed by atoms with E-state index < -0.39 is 11.9 Å². The lowest BCUT2D eigenvalue weighted by atomic mass is 9.91. The molecule has 1 amide bonds. The standard InChI is InChI=1S/C30H37N3O3/c1-2-28-27-12-11-24(10-6-7-16-32-18-14-31-15-19-32)20-25(27)21-26(22-29(34)35)30(36)33(28)17-13-23-8-4-3-5-9-23/h3-5,8-9,11-12,20,26,28,31H,2,7,13-19,21-22H2,1H3,(H,34,35). The zero-order valence-corrected chi connectivity index (χ0v) is 21.2. The number of piperazine rings is 1. The summed E-state index contributed by atoms with van der Waals surface area (Å²) in [6.07, 6.45) is 2.63. The Kier molecular flexibility index (Phi) is 9.16. The van der Waals surface area contributed by atoms with Gasteiger partial charge in [-0.25, -0.2) is 0 Å². The van der Waals surface area contributed by atoms with E-state index >= 15 is 0 Å². The molecule has 36 heavy (non-hydrogen) atoms. The minimum absolute atomic E-state index is 0.0555. The number of fused-ring (bicyclic) bond motifs is 1. The second-order valence-corrected chi connectivity index (χ2v) is 9.75. The van der Waals surface area contributed by atoms with Crippen LogP contribution in [0.5, 0.6) is 0 Å². The maximum absolute atomic E-state index is 13.6. The summed E-state index contributed by atoms with van der Waals surface area (Å²) in [5.74, 6) is 5.06. The van der Waals surface area contributed by atoms with E-state index in [-0.39, 0.29) is 18.4 Å². The van der Waals surface area contributed by atoms with Gasteiger partial charge >= 0.3 is 5.97 Å². The fraction of sp³-hybridized carbons (Fsp3) is 0.467. The van der Waals surface area contributed by atoms with E-state index in [4.69, 9.17) is 0 Å². The Hall–Kier alpha value is -3.14. The number of aliphatic carboxylic acids is 1.